The number of nitrogens with zero attached hydrogens (tertiary/aromatic N) is 1. The van der Waals surface area contributed by atoms with Crippen molar-refractivity contribution in [1.82, 2.24) is 0 Å². The molecule has 1 aromatic carbocycles. The quantitative estimate of drug-likeness (QED) is 0.705. The second-order valence-corrected chi connectivity index (χ2v) is 3.93. The summed E-state index contributed by atoms with van der Waals surface area (Å²) < 4.78 is 26.2. The molecular weight excluding hydrogens is 204 g/mol. The van der Waals surface area contributed by atoms with Crippen LogP contribution in [0.3, 0.4) is 0 Å². The van der Waals surface area contributed by atoms with Gasteiger partial charge < -0.3 is 4.90 Å². The molecule has 0 aliphatic carbocycles. The van der Waals surface area contributed by atoms with Gasteiger partial charge in [-0.2, -0.15) is 0 Å². The molecule has 4 heteroatoms. The predicted molar refractivity (Wildman–Crippen MR) is 55.1 cm³/mol. The van der Waals surface area contributed by atoms with Crippen LogP contribution in [0.2, 0.25) is 0 Å². The maximum absolute atomic E-state index is 13.4. The van der Waals surface area contributed by atoms with E-state index in [1.54, 1.807) is 0 Å². The lowest BCUT2D eigenvalue weighted by atomic mass is 10.2. The van der Waals surface area contributed by atoms with Gasteiger partial charge in [-0.05, 0) is 18.9 Å². The van der Waals surface area contributed by atoms with Gasteiger partial charge in [-0.3, -0.25) is 0 Å². The first kappa shape index (κ1) is 9.77. The van der Waals surface area contributed by atoms with Gasteiger partial charge in [-0.25, -0.2) is 8.78 Å². The van der Waals surface area contributed by atoms with Crippen molar-refractivity contribution in [1.29, 1.82) is 0 Å². The largest absolute Gasteiger partial charge is 0.368 e. The number of hydrogen-bond acceptors (Lipinski definition) is 2. The number of benzene rings is 1. The third kappa shape index (κ3) is 1.71. The molecule has 2 rings (SSSR count). The summed E-state index contributed by atoms with van der Waals surface area (Å²) in [5, 5.41) is 0. The number of thiol groups is 1. The molecule has 0 radical (unpaired) electrons. The van der Waals surface area contributed by atoms with E-state index in [-0.39, 0.29) is 0 Å². The summed E-state index contributed by atoms with van der Waals surface area (Å²) >= 11 is 4.09. The lowest BCUT2D eigenvalue weighted by Crippen LogP contribution is -2.19. The number of rotatable bonds is 1. The minimum atomic E-state index is -0.574. The maximum Gasteiger partial charge on any atom is 0.150 e. The molecule has 1 nitrogen and oxygen atoms in total. The van der Waals surface area contributed by atoms with Gasteiger partial charge >= 0.3 is 0 Å². The topological polar surface area (TPSA) is 3.24 Å². The zero-order chi connectivity index (χ0) is 10.1. The van der Waals surface area contributed by atoms with Crippen LogP contribution < -0.4 is 4.90 Å². The molecule has 1 fully saturated rings. The minimum Gasteiger partial charge on any atom is -0.368 e. The summed E-state index contributed by atoms with van der Waals surface area (Å²) in [4.78, 5) is 2.29. The summed E-state index contributed by atoms with van der Waals surface area (Å²) in [5.41, 5.74) is 0.437. The van der Waals surface area contributed by atoms with Crippen molar-refractivity contribution in [2.75, 3.05) is 18.0 Å². The van der Waals surface area contributed by atoms with E-state index in [0.29, 0.717) is 10.6 Å². The number of anilines is 1. The molecule has 0 aromatic heterocycles. The first-order chi connectivity index (χ1) is 6.68. The second-order valence-electron chi connectivity index (χ2n) is 3.45. The zero-order valence-electron chi connectivity index (χ0n) is 7.63. The van der Waals surface area contributed by atoms with Gasteiger partial charge in [0.25, 0.3) is 0 Å². The highest BCUT2D eigenvalue weighted by Gasteiger charge is 2.19. The van der Waals surface area contributed by atoms with Crippen LogP contribution in [0, 0.1) is 11.6 Å². The third-order valence-corrected chi connectivity index (χ3v) is 2.77. The van der Waals surface area contributed by atoms with Crippen molar-refractivity contribution >= 4 is 18.3 Å². The van der Waals surface area contributed by atoms with Crippen LogP contribution in [-0.2, 0) is 0 Å². The Balaban J connectivity index is 2.40. The summed E-state index contributed by atoms with van der Waals surface area (Å²) in [5.74, 6) is -1.09. The molecule has 0 amide bonds. The SMILES string of the molecule is Fc1cc(F)c(N2CCCC2)c(S)c1. The monoisotopic (exact) mass is 215 g/mol. The molecule has 1 aromatic rings. The van der Waals surface area contributed by atoms with Crippen LogP contribution in [0.15, 0.2) is 17.0 Å². The van der Waals surface area contributed by atoms with E-state index in [4.69, 9.17) is 0 Å². The summed E-state index contributed by atoms with van der Waals surface area (Å²) in [7, 11) is 0. The molecule has 0 bridgehead atoms. The fourth-order valence-electron chi connectivity index (χ4n) is 1.81. The van der Waals surface area contributed by atoms with Gasteiger partial charge in [0.05, 0.1) is 5.69 Å². The molecule has 1 aliphatic rings. The highest BCUT2D eigenvalue weighted by Crippen LogP contribution is 2.30. The van der Waals surface area contributed by atoms with Crippen LogP contribution in [0.1, 0.15) is 12.8 Å². The van der Waals surface area contributed by atoms with Gasteiger partial charge in [-0.1, -0.05) is 0 Å². The van der Waals surface area contributed by atoms with E-state index in [1.807, 2.05) is 4.90 Å². The van der Waals surface area contributed by atoms with Crippen LogP contribution in [0.4, 0.5) is 14.5 Å². The average Bonchev–Trinajstić information content (AvgIpc) is 2.54. The highest BCUT2D eigenvalue weighted by atomic mass is 32.1. The molecule has 1 saturated heterocycles. The van der Waals surface area contributed by atoms with Crippen molar-refractivity contribution in [3.63, 3.8) is 0 Å². The Morgan fingerprint density at radius 1 is 1.14 bits per heavy atom. The van der Waals surface area contributed by atoms with Crippen molar-refractivity contribution in [2.45, 2.75) is 17.7 Å². The van der Waals surface area contributed by atoms with Crippen LogP contribution >= 0.6 is 12.6 Å². The molecule has 0 spiro atoms. The highest BCUT2D eigenvalue weighted by molar-refractivity contribution is 7.80. The zero-order valence-corrected chi connectivity index (χ0v) is 8.53. The summed E-state index contributed by atoms with van der Waals surface area (Å²) in [6.45, 7) is 1.66. The first-order valence-corrected chi connectivity index (χ1v) is 5.06. The predicted octanol–water partition coefficient (Wildman–Crippen LogP) is 2.85. The Labute approximate surface area is 87.1 Å². The molecule has 76 valence electrons. The smallest absolute Gasteiger partial charge is 0.150 e. The molecule has 14 heavy (non-hydrogen) atoms. The van der Waals surface area contributed by atoms with E-state index < -0.39 is 11.6 Å². The molecule has 1 heterocycles. The standard InChI is InChI=1S/C10H11F2NS/c11-7-5-8(12)10(9(14)6-7)13-3-1-2-4-13/h5-6,14H,1-4H2. The first-order valence-electron chi connectivity index (χ1n) is 4.61. The van der Waals surface area contributed by atoms with Crippen LogP contribution in [0.25, 0.3) is 0 Å². The number of hydrogen-bond donors (Lipinski definition) is 1. The van der Waals surface area contributed by atoms with Crippen LogP contribution in [-0.4, -0.2) is 13.1 Å². The van der Waals surface area contributed by atoms with Crippen molar-refractivity contribution in [3.05, 3.63) is 23.8 Å². The lowest BCUT2D eigenvalue weighted by molar-refractivity contribution is 0.575. The van der Waals surface area contributed by atoms with E-state index >= 15 is 0 Å². The summed E-state index contributed by atoms with van der Waals surface area (Å²) in [6, 6.07) is 2.16. The van der Waals surface area contributed by atoms with Gasteiger partial charge in [0, 0.05) is 24.1 Å². The Hall–Kier alpha value is -0.770. The lowest BCUT2D eigenvalue weighted by Gasteiger charge is -2.20. The molecule has 0 atom stereocenters. The van der Waals surface area contributed by atoms with E-state index in [2.05, 4.69) is 12.6 Å². The fraction of sp³-hybridized carbons (Fsp3) is 0.400. The Kier molecular flexibility index (Phi) is 2.63. The Morgan fingerprint density at radius 3 is 2.36 bits per heavy atom. The third-order valence-electron chi connectivity index (χ3n) is 2.43. The van der Waals surface area contributed by atoms with Gasteiger partial charge in [0.15, 0.2) is 5.82 Å². The van der Waals surface area contributed by atoms with E-state index in [0.717, 1.165) is 32.0 Å². The Bertz CT molecular complexity index is 325. The van der Waals surface area contributed by atoms with Crippen LogP contribution in [0.5, 0.6) is 0 Å². The molecule has 0 N–H and O–H groups in total. The van der Waals surface area contributed by atoms with Gasteiger partial charge in [0.1, 0.15) is 5.82 Å². The number of halogens is 2. The summed E-state index contributed by atoms with van der Waals surface area (Å²) in [6.07, 6.45) is 2.12. The average molecular weight is 215 g/mol. The normalized spacial score (nSPS) is 16.4. The second kappa shape index (κ2) is 3.77. The fourth-order valence-corrected chi connectivity index (χ4v) is 2.18. The van der Waals surface area contributed by atoms with E-state index in [9.17, 15) is 8.78 Å². The van der Waals surface area contributed by atoms with Gasteiger partial charge in [0.2, 0.25) is 0 Å². The molecule has 0 saturated carbocycles. The van der Waals surface area contributed by atoms with Crippen molar-refractivity contribution < 1.29 is 8.78 Å². The van der Waals surface area contributed by atoms with Crippen molar-refractivity contribution in [3.8, 4) is 0 Å². The molecule has 0 unspecified atom stereocenters. The van der Waals surface area contributed by atoms with Crippen molar-refractivity contribution in [2.24, 2.45) is 0 Å². The molecular formula is C10H11F2NS. The van der Waals surface area contributed by atoms with Gasteiger partial charge in [-0.15, -0.1) is 12.6 Å². The minimum absolute atomic E-state index is 0.379. The van der Waals surface area contributed by atoms with E-state index in [1.165, 1.54) is 6.07 Å². The maximum atomic E-state index is 13.4. The Morgan fingerprint density at radius 2 is 1.79 bits per heavy atom. The molecule has 1 aliphatic heterocycles.